The fraction of sp³-hybridized carbons (Fsp3) is 0.467. The SMILES string of the molecule is Cc1cc(Br)ccc1NC(=O)C1(C(N)=NO)CCCCC1. The molecular weight excluding hydrogens is 334 g/mol. The molecule has 4 N–H and O–H groups in total. The largest absolute Gasteiger partial charge is 0.409 e. The van der Waals surface area contributed by atoms with Crippen LogP contribution in [-0.2, 0) is 4.79 Å². The molecule has 0 aromatic heterocycles. The molecule has 0 aliphatic heterocycles. The van der Waals surface area contributed by atoms with Crippen LogP contribution in [0.2, 0.25) is 0 Å². The molecule has 0 heterocycles. The molecule has 0 bridgehead atoms. The van der Waals surface area contributed by atoms with E-state index in [2.05, 4.69) is 26.4 Å². The second kappa shape index (κ2) is 6.47. The average molecular weight is 354 g/mol. The molecule has 0 spiro atoms. The van der Waals surface area contributed by atoms with E-state index in [1.165, 1.54) is 0 Å². The Morgan fingerprint density at radius 2 is 2.05 bits per heavy atom. The van der Waals surface area contributed by atoms with Crippen LogP contribution in [0.25, 0.3) is 0 Å². The maximum atomic E-state index is 12.7. The van der Waals surface area contributed by atoms with Crippen molar-refractivity contribution < 1.29 is 10.0 Å². The zero-order valence-electron chi connectivity index (χ0n) is 12.0. The van der Waals surface area contributed by atoms with E-state index >= 15 is 0 Å². The van der Waals surface area contributed by atoms with Crippen molar-refractivity contribution in [3.63, 3.8) is 0 Å². The number of nitrogens with two attached hydrogens (primary N) is 1. The predicted molar refractivity (Wildman–Crippen MR) is 86.4 cm³/mol. The number of amides is 1. The number of oxime groups is 1. The van der Waals surface area contributed by atoms with Crippen molar-refractivity contribution >= 4 is 33.4 Å². The highest BCUT2D eigenvalue weighted by atomic mass is 79.9. The minimum absolute atomic E-state index is 0.00876. The summed E-state index contributed by atoms with van der Waals surface area (Å²) in [5.41, 5.74) is 6.65. The number of hydrogen-bond donors (Lipinski definition) is 3. The molecule has 114 valence electrons. The van der Waals surface area contributed by atoms with Crippen LogP contribution in [0.3, 0.4) is 0 Å². The molecule has 1 fully saturated rings. The van der Waals surface area contributed by atoms with Gasteiger partial charge in [0.15, 0.2) is 5.84 Å². The first kappa shape index (κ1) is 15.8. The van der Waals surface area contributed by atoms with Crippen molar-refractivity contribution in [2.75, 3.05) is 5.32 Å². The van der Waals surface area contributed by atoms with Crippen molar-refractivity contribution in [2.45, 2.75) is 39.0 Å². The van der Waals surface area contributed by atoms with Crippen molar-refractivity contribution in [2.24, 2.45) is 16.3 Å². The summed E-state index contributed by atoms with van der Waals surface area (Å²) < 4.78 is 0.960. The summed E-state index contributed by atoms with van der Waals surface area (Å²) in [5.74, 6) is -0.183. The molecule has 0 radical (unpaired) electrons. The summed E-state index contributed by atoms with van der Waals surface area (Å²) in [6.45, 7) is 1.93. The number of nitrogens with zero attached hydrogens (tertiary/aromatic N) is 1. The highest BCUT2D eigenvalue weighted by Gasteiger charge is 2.44. The van der Waals surface area contributed by atoms with Crippen LogP contribution in [0.4, 0.5) is 5.69 Å². The van der Waals surface area contributed by atoms with Gasteiger partial charge in [0.2, 0.25) is 5.91 Å². The molecule has 1 aromatic carbocycles. The Morgan fingerprint density at radius 3 is 2.62 bits per heavy atom. The molecule has 1 saturated carbocycles. The summed E-state index contributed by atoms with van der Waals surface area (Å²) in [6.07, 6.45) is 4.12. The number of amidine groups is 1. The number of halogens is 1. The molecular formula is C15H20BrN3O2. The maximum Gasteiger partial charge on any atom is 0.238 e. The third-order valence-corrected chi connectivity index (χ3v) is 4.67. The summed E-state index contributed by atoms with van der Waals surface area (Å²) >= 11 is 3.40. The lowest BCUT2D eigenvalue weighted by Gasteiger charge is -2.34. The van der Waals surface area contributed by atoms with Gasteiger partial charge in [0.05, 0.1) is 0 Å². The quantitative estimate of drug-likeness (QED) is 0.336. The molecule has 6 heteroatoms. The Balaban J connectivity index is 2.27. The lowest BCUT2D eigenvalue weighted by molar-refractivity contribution is -0.123. The summed E-state index contributed by atoms with van der Waals surface area (Å²) in [6, 6.07) is 5.66. The number of carbonyl (C=O) groups is 1. The van der Waals surface area contributed by atoms with Gasteiger partial charge in [0.25, 0.3) is 0 Å². The Hall–Kier alpha value is -1.56. The van der Waals surface area contributed by atoms with Gasteiger partial charge in [0, 0.05) is 10.2 Å². The zero-order chi connectivity index (χ0) is 15.5. The molecule has 1 aliphatic rings. The van der Waals surface area contributed by atoms with E-state index in [1.807, 2.05) is 25.1 Å². The van der Waals surface area contributed by atoms with E-state index in [0.29, 0.717) is 12.8 Å². The molecule has 0 saturated heterocycles. The standard InChI is InChI=1S/C15H20BrN3O2/c1-10-9-11(16)5-6-12(10)18-14(20)15(13(17)19-21)7-3-2-4-8-15/h5-6,9,21H,2-4,7-8H2,1H3,(H2,17,19)(H,18,20). The van der Waals surface area contributed by atoms with Crippen LogP contribution in [-0.4, -0.2) is 17.0 Å². The van der Waals surface area contributed by atoms with Gasteiger partial charge in [-0.15, -0.1) is 0 Å². The van der Waals surface area contributed by atoms with Crippen LogP contribution >= 0.6 is 15.9 Å². The van der Waals surface area contributed by atoms with Crippen LogP contribution in [0.1, 0.15) is 37.7 Å². The van der Waals surface area contributed by atoms with Gasteiger partial charge in [0.1, 0.15) is 5.41 Å². The van der Waals surface area contributed by atoms with E-state index in [4.69, 9.17) is 10.9 Å². The Kier molecular flexibility index (Phi) is 4.88. The van der Waals surface area contributed by atoms with Gasteiger partial charge >= 0.3 is 0 Å². The average Bonchev–Trinajstić information content (AvgIpc) is 2.49. The lowest BCUT2D eigenvalue weighted by atomic mass is 9.72. The number of anilines is 1. The summed E-state index contributed by atoms with van der Waals surface area (Å²) in [4.78, 5) is 12.7. The highest BCUT2D eigenvalue weighted by molar-refractivity contribution is 9.10. The van der Waals surface area contributed by atoms with E-state index in [0.717, 1.165) is 35.0 Å². The van der Waals surface area contributed by atoms with Gasteiger partial charge in [-0.3, -0.25) is 4.79 Å². The first-order chi connectivity index (χ1) is 9.99. The first-order valence-electron chi connectivity index (χ1n) is 7.05. The summed E-state index contributed by atoms with van der Waals surface area (Å²) in [7, 11) is 0. The zero-order valence-corrected chi connectivity index (χ0v) is 13.6. The lowest BCUT2D eigenvalue weighted by Crippen LogP contribution is -2.48. The van der Waals surface area contributed by atoms with Gasteiger partial charge < -0.3 is 16.3 Å². The monoisotopic (exact) mass is 353 g/mol. The number of benzene rings is 1. The Morgan fingerprint density at radius 1 is 1.38 bits per heavy atom. The molecule has 0 unspecified atom stereocenters. The van der Waals surface area contributed by atoms with Crippen molar-refractivity contribution in [3.8, 4) is 0 Å². The minimum Gasteiger partial charge on any atom is -0.409 e. The molecule has 2 rings (SSSR count). The van der Waals surface area contributed by atoms with Crippen molar-refractivity contribution in [3.05, 3.63) is 28.2 Å². The smallest absolute Gasteiger partial charge is 0.238 e. The fourth-order valence-electron chi connectivity index (χ4n) is 2.86. The normalized spacial score (nSPS) is 18.3. The number of carbonyl (C=O) groups excluding carboxylic acids is 1. The van der Waals surface area contributed by atoms with Crippen molar-refractivity contribution in [1.29, 1.82) is 0 Å². The van der Waals surface area contributed by atoms with Gasteiger partial charge in [-0.05, 0) is 43.5 Å². The third-order valence-electron chi connectivity index (χ3n) is 4.18. The number of hydrogen-bond acceptors (Lipinski definition) is 3. The van der Waals surface area contributed by atoms with Gasteiger partial charge in [-0.25, -0.2) is 0 Å². The molecule has 0 atom stereocenters. The predicted octanol–water partition coefficient (Wildman–Crippen LogP) is 3.39. The summed E-state index contributed by atoms with van der Waals surface area (Å²) in [5, 5.41) is 15.1. The maximum absolute atomic E-state index is 12.7. The molecule has 1 aromatic rings. The molecule has 21 heavy (non-hydrogen) atoms. The highest BCUT2D eigenvalue weighted by Crippen LogP contribution is 2.38. The number of nitrogens with one attached hydrogen (secondary N) is 1. The van der Waals surface area contributed by atoms with E-state index in [1.54, 1.807) is 0 Å². The fourth-order valence-corrected chi connectivity index (χ4v) is 3.34. The van der Waals surface area contributed by atoms with E-state index < -0.39 is 5.41 Å². The second-order valence-corrected chi connectivity index (χ2v) is 6.46. The number of rotatable bonds is 3. The van der Waals surface area contributed by atoms with Gasteiger partial charge in [-0.1, -0.05) is 40.3 Å². The Bertz CT molecular complexity index is 566. The minimum atomic E-state index is -0.896. The van der Waals surface area contributed by atoms with Crippen LogP contribution in [0, 0.1) is 12.3 Å². The van der Waals surface area contributed by atoms with Gasteiger partial charge in [-0.2, -0.15) is 0 Å². The van der Waals surface area contributed by atoms with Crippen LogP contribution < -0.4 is 11.1 Å². The number of aryl methyl sites for hydroxylation is 1. The van der Waals surface area contributed by atoms with Crippen LogP contribution in [0.15, 0.2) is 27.8 Å². The molecule has 1 aliphatic carbocycles. The van der Waals surface area contributed by atoms with Crippen molar-refractivity contribution in [1.82, 2.24) is 0 Å². The second-order valence-electron chi connectivity index (χ2n) is 5.54. The topological polar surface area (TPSA) is 87.7 Å². The van der Waals surface area contributed by atoms with Crippen LogP contribution in [0.5, 0.6) is 0 Å². The van der Waals surface area contributed by atoms with E-state index in [9.17, 15) is 4.79 Å². The Labute approximate surface area is 132 Å². The molecule has 1 amide bonds. The van der Waals surface area contributed by atoms with E-state index in [-0.39, 0.29) is 11.7 Å². The third kappa shape index (κ3) is 3.20. The first-order valence-corrected chi connectivity index (χ1v) is 7.84. The molecule has 5 nitrogen and oxygen atoms in total.